The van der Waals surface area contributed by atoms with Crippen LogP contribution in [0.15, 0.2) is 0 Å². The molecule has 100 valence electrons. The summed E-state index contributed by atoms with van der Waals surface area (Å²) in [7, 11) is 4.25. The van der Waals surface area contributed by atoms with Crippen LogP contribution in [-0.2, 0) is 6.42 Å². The summed E-state index contributed by atoms with van der Waals surface area (Å²) in [5, 5.41) is 4.62. The van der Waals surface area contributed by atoms with Crippen molar-refractivity contribution in [3.63, 3.8) is 0 Å². The molecule has 1 saturated carbocycles. The number of aryl methyl sites for hydroxylation is 1. The highest BCUT2D eigenvalue weighted by Crippen LogP contribution is 2.40. The van der Waals surface area contributed by atoms with Crippen molar-refractivity contribution in [3.05, 3.63) is 10.6 Å². The standard InChI is InChI=1S/C14H23N3S/c1-9-7-10(9)8-17(3)14-16-13-11(15-2)5-4-6-12(13)18-14/h9-11,15H,4-8H2,1-3H3. The summed E-state index contributed by atoms with van der Waals surface area (Å²) < 4.78 is 0. The highest BCUT2D eigenvalue weighted by Gasteiger charge is 2.34. The Labute approximate surface area is 114 Å². The van der Waals surface area contributed by atoms with E-state index >= 15 is 0 Å². The number of fused-ring (bicyclic) bond motifs is 1. The third-order valence-electron chi connectivity index (χ3n) is 4.40. The van der Waals surface area contributed by atoms with Crippen LogP contribution in [0.2, 0.25) is 0 Å². The van der Waals surface area contributed by atoms with Crippen molar-refractivity contribution in [1.82, 2.24) is 10.3 Å². The Hall–Kier alpha value is -0.610. The molecule has 2 aliphatic rings. The molecular formula is C14H23N3S. The molecule has 1 aromatic rings. The van der Waals surface area contributed by atoms with Crippen LogP contribution in [0.5, 0.6) is 0 Å². The van der Waals surface area contributed by atoms with Gasteiger partial charge in [-0.1, -0.05) is 6.92 Å². The number of nitrogens with zero attached hydrogens (tertiary/aromatic N) is 2. The smallest absolute Gasteiger partial charge is 0.185 e. The molecule has 1 heterocycles. The third-order valence-corrected chi connectivity index (χ3v) is 5.65. The minimum atomic E-state index is 0.479. The van der Waals surface area contributed by atoms with E-state index in [-0.39, 0.29) is 0 Å². The minimum Gasteiger partial charge on any atom is -0.351 e. The number of aromatic nitrogens is 1. The first-order chi connectivity index (χ1) is 8.69. The average Bonchev–Trinajstić information content (AvgIpc) is 2.91. The monoisotopic (exact) mass is 265 g/mol. The third kappa shape index (κ3) is 2.28. The van der Waals surface area contributed by atoms with Gasteiger partial charge in [-0.05, 0) is 44.6 Å². The summed E-state index contributed by atoms with van der Waals surface area (Å²) in [6.07, 6.45) is 5.15. The minimum absolute atomic E-state index is 0.479. The Morgan fingerprint density at radius 1 is 1.50 bits per heavy atom. The second kappa shape index (κ2) is 4.82. The van der Waals surface area contributed by atoms with Crippen molar-refractivity contribution < 1.29 is 0 Å². The molecule has 0 amide bonds. The number of hydrogen-bond acceptors (Lipinski definition) is 4. The van der Waals surface area contributed by atoms with Crippen LogP contribution < -0.4 is 10.2 Å². The molecule has 1 N–H and O–H groups in total. The van der Waals surface area contributed by atoms with Crippen molar-refractivity contribution in [2.45, 2.75) is 38.6 Å². The first-order valence-corrected chi connectivity index (χ1v) is 7.88. The Morgan fingerprint density at radius 2 is 2.28 bits per heavy atom. The van der Waals surface area contributed by atoms with Gasteiger partial charge in [0.25, 0.3) is 0 Å². The van der Waals surface area contributed by atoms with Crippen LogP contribution in [-0.4, -0.2) is 25.6 Å². The summed E-state index contributed by atoms with van der Waals surface area (Å²) in [5.41, 5.74) is 1.32. The Morgan fingerprint density at radius 3 is 2.94 bits per heavy atom. The van der Waals surface area contributed by atoms with Gasteiger partial charge in [-0.15, -0.1) is 11.3 Å². The van der Waals surface area contributed by atoms with Gasteiger partial charge in [-0.3, -0.25) is 0 Å². The lowest BCUT2D eigenvalue weighted by molar-refractivity contribution is 0.489. The molecule has 2 aliphatic carbocycles. The number of hydrogen-bond donors (Lipinski definition) is 1. The van der Waals surface area contributed by atoms with Gasteiger partial charge in [0.15, 0.2) is 5.13 Å². The second-order valence-corrected chi connectivity index (χ2v) is 6.95. The van der Waals surface area contributed by atoms with Crippen molar-refractivity contribution >= 4 is 16.5 Å². The van der Waals surface area contributed by atoms with Crippen LogP contribution >= 0.6 is 11.3 Å². The molecule has 4 heteroatoms. The normalized spacial score (nSPS) is 30.1. The van der Waals surface area contributed by atoms with Crippen molar-refractivity contribution in [1.29, 1.82) is 0 Å². The Bertz CT molecular complexity index is 429. The van der Waals surface area contributed by atoms with Gasteiger partial charge >= 0.3 is 0 Å². The topological polar surface area (TPSA) is 28.2 Å². The summed E-state index contributed by atoms with van der Waals surface area (Å²) >= 11 is 1.91. The molecule has 3 atom stereocenters. The molecule has 18 heavy (non-hydrogen) atoms. The maximum absolute atomic E-state index is 4.89. The van der Waals surface area contributed by atoms with Gasteiger partial charge in [0.05, 0.1) is 11.7 Å². The van der Waals surface area contributed by atoms with Gasteiger partial charge in [0.1, 0.15) is 0 Å². The molecule has 0 spiro atoms. The van der Waals surface area contributed by atoms with Crippen LogP contribution in [0.4, 0.5) is 5.13 Å². The highest BCUT2D eigenvalue weighted by molar-refractivity contribution is 7.15. The van der Waals surface area contributed by atoms with Crippen LogP contribution in [0.25, 0.3) is 0 Å². The second-order valence-electron chi connectivity index (χ2n) is 5.89. The molecule has 0 aromatic carbocycles. The van der Waals surface area contributed by atoms with Gasteiger partial charge in [0, 0.05) is 18.5 Å². The predicted molar refractivity (Wildman–Crippen MR) is 77.4 cm³/mol. The molecular weight excluding hydrogens is 242 g/mol. The first-order valence-electron chi connectivity index (χ1n) is 7.07. The molecule has 3 nitrogen and oxygen atoms in total. The fourth-order valence-electron chi connectivity index (χ4n) is 2.93. The summed E-state index contributed by atoms with van der Waals surface area (Å²) in [6.45, 7) is 3.53. The van der Waals surface area contributed by atoms with E-state index in [0.29, 0.717) is 6.04 Å². The molecule has 0 radical (unpaired) electrons. The van der Waals surface area contributed by atoms with Gasteiger partial charge < -0.3 is 10.2 Å². The van der Waals surface area contributed by atoms with Crippen LogP contribution in [0, 0.1) is 11.8 Å². The molecule has 0 aliphatic heterocycles. The van der Waals surface area contributed by atoms with E-state index in [2.05, 4.69) is 24.2 Å². The largest absolute Gasteiger partial charge is 0.351 e. The lowest BCUT2D eigenvalue weighted by Crippen LogP contribution is -2.22. The van der Waals surface area contributed by atoms with E-state index in [0.717, 1.165) is 11.8 Å². The molecule has 1 fully saturated rings. The number of nitrogens with one attached hydrogen (secondary N) is 1. The van der Waals surface area contributed by atoms with Crippen molar-refractivity contribution in [2.24, 2.45) is 11.8 Å². The highest BCUT2D eigenvalue weighted by atomic mass is 32.1. The zero-order chi connectivity index (χ0) is 12.7. The number of rotatable bonds is 4. The van der Waals surface area contributed by atoms with Gasteiger partial charge in [-0.25, -0.2) is 4.98 Å². The summed E-state index contributed by atoms with van der Waals surface area (Å²) in [6, 6.07) is 0.479. The molecule has 0 bridgehead atoms. The van der Waals surface area contributed by atoms with E-state index in [1.807, 2.05) is 18.4 Å². The lowest BCUT2D eigenvalue weighted by Gasteiger charge is -2.20. The van der Waals surface area contributed by atoms with Crippen molar-refractivity contribution in [2.75, 3.05) is 25.5 Å². The van der Waals surface area contributed by atoms with Crippen molar-refractivity contribution in [3.8, 4) is 0 Å². The Balaban J connectivity index is 1.75. The SMILES string of the molecule is CNC1CCCc2sc(N(C)CC3CC3C)nc21. The number of thiazole rings is 1. The van der Waals surface area contributed by atoms with E-state index in [4.69, 9.17) is 4.98 Å². The van der Waals surface area contributed by atoms with E-state index in [9.17, 15) is 0 Å². The zero-order valence-electron chi connectivity index (χ0n) is 11.6. The fourth-order valence-corrected chi connectivity index (χ4v) is 4.07. The zero-order valence-corrected chi connectivity index (χ0v) is 12.4. The summed E-state index contributed by atoms with van der Waals surface area (Å²) in [4.78, 5) is 8.76. The maximum atomic E-state index is 4.89. The van der Waals surface area contributed by atoms with Gasteiger partial charge in [-0.2, -0.15) is 0 Å². The van der Waals surface area contributed by atoms with E-state index < -0.39 is 0 Å². The Kier molecular flexibility index (Phi) is 3.32. The predicted octanol–water partition coefficient (Wildman–Crippen LogP) is 2.83. The number of anilines is 1. The van der Waals surface area contributed by atoms with Crippen LogP contribution in [0.1, 0.15) is 42.8 Å². The van der Waals surface area contributed by atoms with Crippen LogP contribution in [0.3, 0.4) is 0 Å². The quantitative estimate of drug-likeness (QED) is 0.907. The average molecular weight is 265 g/mol. The molecule has 3 unspecified atom stereocenters. The summed E-state index contributed by atoms with van der Waals surface area (Å²) in [5.74, 6) is 1.82. The molecule has 0 saturated heterocycles. The van der Waals surface area contributed by atoms with E-state index in [1.54, 1.807) is 0 Å². The molecule has 1 aromatic heterocycles. The lowest BCUT2D eigenvalue weighted by atomic mass is 9.98. The van der Waals surface area contributed by atoms with Gasteiger partial charge in [0.2, 0.25) is 0 Å². The first kappa shape index (κ1) is 12.4. The maximum Gasteiger partial charge on any atom is 0.185 e. The molecule has 3 rings (SSSR count). The van der Waals surface area contributed by atoms with E-state index in [1.165, 1.54) is 47.9 Å². The fraction of sp³-hybridized carbons (Fsp3) is 0.786.